The Bertz CT molecular complexity index is 899. The predicted molar refractivity (Wildman–Crippen MR) is 118 cm³/mol. The van der Waals surface area contributed by atoms with E-state index in [1.54, 1.807) is 23.1 Å². The van der Waals surface area contributed by atoms with E-state index in [-0.39, 0.29) is 23.6 Å². The summed E-state index contributed by atoms with van der Waals surface area (Å²) in [4.78, 5) is 40.2. The second kappa shape index (κ2) is 10.3. The van der Waals surface area contributed by atoms with Crippen LogP contribution in [-0.2, 0) is 4.79 Å². The van der Waals surface area contributed by atoms with Crippen LogP contribution in [0, 0.1) is 18.8 Å². The van der Waals surface area contributed by atoms with Crippen molar-refractivity contribution in [1.82, 2.24) is 15.5 Å². The average Bonchev–Trinajstić information content (AvgIpc) is 3.30. The van der Waals surface area contributed by atoms with Crippen molar-refractivity contribution in [2.24, 2.45) is 11.8 Å². The lowest BCUT2D eigenvalue weighted by Crippen LogP contribution is -2.54. The molecule has 3 amide bonds. The van der Waals surface area contributed by atoms with Crippen LogP contribution in [0.25, 0.3) is 0 Å². The van der Waals surface area contributed by atoms with Crippen LogP contribution >= 0.6 is 0 Å². The molecule has 166 valence electrons. The Balaban J connectivity index is 1.69. The first-order valence-electron chi connectivity index (χ1n) is 10.8. The summed E-state index contributed by atoms with van der Waals surface area (Å²) in [6.07, 6.45) is 2.73. The van der Waals surface area contributed by atoms with Gasteiger partial charge in [0.05, 0.1) is 6.26 Å². The Hall–Kier alpha value is -3.09. The third kappa shape index (κ3) is 5.75. The summed E-state index contributed by atoms with van der Waals surface area (Å²) in [5, 5.41) is 5.92. The zero-order valence-electron chi connectivity index (χ0n) is 18.4. The van der Waals surface area contributed by atoms with Gasteiger partial charge in [0.25, 0.3) is 11.8 Å². The molecule has 7 nitrogen and oxygen atoms in total. The first kappa shape index (κ1) is 22.6. The van der Waals surface area contributed by atoms with Crippen LogP contribution in [-0.4, -0.2) is 48.3 Å². The van der Waals surface area contributed by atoms with Gasteiger partial charge >= 0.3 is 0 Å². The highest BCUT2D eigenvalue weighted by molar-refractivity contribution is 5.98. The molecular weight excluding hydrogens is 394 g/mol. The maximum absolute atomic E-state index is 13.0. The monoisotopic (exact) mass is 425 g/mol. The number of nitrogens with one attached hydrogen (secondary N) is 2. The number of carbonyl (C=O) groups excluding carboxylic acids is 3. The van der Waals surface area contributed by atoms with Crippen LogP contribution < -0.4 is 10.6 Å². The smallest absolute Gasteiger partial charge is 0.289 e. The van der Waals surface area contributed by atoms with Crippen molar-refractivity contribution in [1.29, 1.82) is 0 Å². The number of aryl methyl sites for hydroxylation is 1. The number of rotatable bonds is 7. The molecule has 1 atom stereocenters. The van der Waals surface area contributed by atoms with E-state index in [2.05, 4.69) is 10.6 Å². The van der Waals surface area contributed by atoms with Crippen molar-refractivity contribution < 1.29 is 18.8 Å². The molecule has 1 aromatic carbocycles. The van der Waals surface area contributed by atoms with Gasteiger partial charge in [0.2, 0.25) is 5.91 Å². The number of hydrogen-bond acceptors (Lipinski definition) is 4. The van der Waals surface area contributed by atoms with E-state index in [0.29, 0.717) is 49.7 Å². The number of hydrogen-bond donors (Lipinski definition) is 2. The van der Waals surface area contributed by atoms with E-state index in [1.165, 1.54) is 6.26 Å². The second-order valence-electron chi connectivity index (χ2n) is 8.51. The summed E-state index contributed by atoms with van der Waals surface area (Å²) in [7, 11) is 0. The molecule has 0 saturated carbocycles. The van der Waals surface area contributed by atoms with Crippen LogP contribution in [0.3, 0.4) is 0 Å². The number of piperidine rings is 1. The van der Waals surface area contributed by atoms with Crippen molar-refractivity contribution in [3.63, 3.8) is 0 Å². The van der Waals surface area contributed by atoms with Gasteiger partial charge in [-0.25, -0.2) is 0 Å². The molecule has 31 heavy (non-hydrogen) atoms. The SMILES string of the molecule is Cc1ccccc1C(=O)N[C@@H](C(=O)NCC(C)C)C1CCN(C(=O)c2ccco2)CC1. The molecule has 2 heterocycles. The van der Waals surface area contributed by atoms with E-state index in [4.69, 9.17) is 4.42 Å². The summed E-state index contributed by atoms with van der Waals surface area (Å²) in [6.45, 7) is 7.50. The fraction of sp³-hybridized carbons (Fsp3) is 0.458. The van der Waals surface area contributed by atoms with Crippen molar-refractivity contribution in [3.05, 3.63) is 59.5 Å². The van der Waals surface area contributed by atoms with Gasteiger partial charge in [-0.3, -0.25) is 14.4 Å². The molecule has 1 aliphatic rings. The summed E-state index contributed by atoms with van der Waals surface area (Å²) < 4.78 is 5.22. The number of nitrogens with zero attached hydrogens (tertiary/aromatic N) is 1. The maximum atomic E-state index is 13.0. The number of benzene rings is 1. The van der Waals surface area contributed by atoms with Crippen molar-refractivity contribution in [2.45, 2.75) is 39.7 Å². The van der Waals surface area contributed by atoms with Crippen LogP contribution in [0.4, 0.5) is 0 Å². The number of likely N-dealkylation sites (tertiary alicyclic amines) is 1. The largest absolute Gasteiger partial charge is 0.459 e. The molecular formula is C24H31N3O4. The lowest BCUT2D eigenvalue weighted by atomic mass is 9.88. The van der Waals surface area contributed by atoms with Crippen LogP contribution in [0.5, 0.6) is 0 Å². The fourth-order valence-electron chi connectivity index (χ4n) is 3.85. The van der Waals surface area contributed by atoms with Crippen LogP contribution in [0.1, 0.15) is 53.2 Å². The van der Waals surface area contributed by atoms with E-state index in [9.17, 15) is 14.4 Å². The first-order valence-corrected chi connectivity index (χ1v) is 10.8. The summed E-state index contributed by atoms with van der Waals surface area (Å²) in [5.41, 5.74) is 1.43. The molecule has 0 aliphatic carbocycles. The summed E-state index contributed by atoms with van der Waals surface area (Å²) >= 11 is 0. The van der Waals surface area contributed by atoms with Gasteiger partial charge in [-0.05, 0) is 55.4 Å². The van der Waals surface area contributed by atoms with Gasteiger partial charge in [0, 0.05) is 25.2 Å². The topological polar surface area (TPSA) is 91.7 Å². The van der Waals surface area contributed by atoms with Gasteiger partial charge in [0.15, 0.2) is 5.76 Å². The van der Waals surface area contributed by atoms with Gasteiger partial charge < -0.3 is 20.0 Å². The molecule has 1 saturated heterocycles. The Kier molecular flexibility index (Phi) is 7.50. The average molecular weight is 426 g/mol. The fourth-order valence-corrected chi connectivity index (χ4v) is 3.85. The molecule has 0 spiro atoms. The van der Waals surface area contributed by atoms with Crippen molar-refractivity contribution >= 4 is 17.7 Å². The Morgan fingerprint density at radius 3 is 2.42 bits per heavy atom. The lowest BCUT2D eigenvalue weighted by Gasteiger charge is -2.35. The highest BCUT2D eigenvalue weighted by Gasteiger charge is 2.34. The van der Waals surface area contributed by atoms with Gasteiger partial charge in [-0.1, -0.05) is 32.0 Å². The molecule has 0 radical (unpaired) electrons. The van der Waals surface area contributed by atoms with E-state index in [1.807, 2.05) is 39.0 Å². The van der Waals surface area contributed by atoms with Crippen LogP contribution in [0.15, 0.2) is 47.1 Å². The van der Waals surface area contributed by atoms with Crippen molar-refractivity contribution in [3.8, 4) is 0 Å². The predicted octanol–water partition coefficient (Wildman–Crippen LogP) is 3.01. The maximum Gasteiger partial charge on any atom is 0.289 e. The second-order valence-corrected chi connectivity index (χ2v) is 8.51. The summed E-state index contributed by atoms with van der Waals surface area (Å²) in [5.74, 6) is -0.000660. The Morgan fingerprint density at radius 1 is 1.10 bits per heavy atom. The lowest BCUT2D eigenvalue weighted by molar-refractivity contribution is -0.124. The molecule has 2 aromatic rings. The highest BCUT2D eigenvalue weighted by atomic mass is 16.3. The number of furan rings is 1. The van der Waals surface area contributed by atoms with E-state index < -0.39 is 6.04 Å². The molecule has 7 heteroatoms. The minimum Gasteiger partial charge on any atom is -0.459 e. The van der Waals surface area contributed by atoms with Crippen LogP contribution in [0.2, 0.25) is 0 Å². The standard InChI is InChI=1S/C24H31N3O4/c1-16(2)15-25-23(29)21(26-22(28)19-8-5-4-7-17(19)3)18-10-12-27(13-11-18)24(30)20-9-6-14-31-20/h4-9,14,16,18,21H,10-13,15H2,1-3H3,(H,25,29)(H,26,28)/t21-/m1/s1. The minimum absolute atomic E-state index is 0.0548. The van der Waals surface area contributed by atoms with Crippen molar-refractivity contribution in [2.75, 3.05) is 19.6 Å². The third-order valence-electron chi connectivity index (χ3n) is 5.67. The molecule has 2 N–H and O–H groups in total. The molecule has 1 aliphatic heterocycles. The molecule has 0 unspecified atom stereocenters. The normalized spacial score (nSPS) is 15.5. The zero-order valence-corrected chi connectivity index (χ0v) is 18.4. The molecule has 1 fully saturated rings. The molecule has 3 rings (SSSR count). The highest BCUT2D eigenvalue weighted by Crippen LogP contribution is 2.23. The van der Waals surface area contributed by atoms with Gasteiger partial charge in [-0.2, -0.15) is 0 Å². The summed E-state index contributed by atoms with van der Waals surface area (Å²) in [6, 6.07) is 10.0. The van der Waals surface area contributed by atoms with Gasteiger partial charge in [0.1, 0.15) is 6.04 Å². The molecule has 1 aromatic heterocycles. The third-order valence-corrected chi connectivity index (χ3v) is 5.67. The quantitative estimate of drug-likeness (QED) is 0.713. The first-order chi connectivity index (χ1) is 14.9. The Morgan fingerprint density at radius 2 is 1.81 bits per heavy atom. The van der Waals surface area contributed by atoms with E-state index in [0.717, 1.165) is 5.56 Å². The number of carbonyl (C=O) groups is 3. The minimum atomic E-state index is -0.647. The van der Waals surface area contributed by atoms with Gasteiger partial charge in [-0.15, -0.1) is 0 Å². The molecule has 0 bridgehead atoms. The Labute approximate surface area is 183 Å². The van der Waals surface area contributed by atoms with E-state index >= 15 is 0 Å². The zero-order chi connectivity index (χ0) is 22.4. The number of amides is 3.